The van der Waals surface area contributed by atoms with Gasteiger partial charge >= 0.3 is 6.03 Å². The van der Waals surface area contributed by atoms with Gasteiger partial charge in [0, 0.05) is 45.0 Å². The van der Waals surface area contributed by atoms with E-state index in [0.29, 0.717) is 0 Å². The zero-order valence-corrected chi connectivity index (χ0v) is 18.6. The van der Waals surface area contributed by atoms with Gasteiger partial charge in [0.1, 0.15) is 0 Å². The molecule has 2 aliphatic rings. The van der Waals surface area contributed by atoms with Crippen LogP contribution in [-0.2, 0) is 6.42 Å². The predicted octanol–water partition coefficient (Wildman–Crippen LogP) is 4.18. The SMILES string of the molecule is O=C(Nc1ccccc1)N1CCN(CC2CCCN(CCCc3ccccc3)C2)CC1. The molecule has 1 unspecified atom stereocenters. The molecule has 0 radical (unpaired) electrons. The van der Waals surface area contributed by atoms with Crippen LogP contribution in [0.1, 0.15) is 24.8 Å². The van der Waals surface area contributed by atoms with Crippen molar-refractivity contribution in [3.63, 3.8) is 0 Å². The number of piperazine rings is 1. The van der Waals surface area contributed by atoms with E-state index in [2.05, 4.69) is 45.4 Å². The first-order chi connectivity index (χ1) is 15.3. The number of para-hydroxylation sites is 1. The van der Waals surface area contributed by atoms with E-state index in [4.69, 9.17) is 0 Å². The number of rotatable bonds is 7. The van der Waals surface area contributed by atoms with Crippen molar-refractivity contribution in [3.05, 3.63) is 66.2 Å². The minimum Gasteiger partial charge on any atom is -0.322 e. The third-order valence-corrected chi connectivity index (χ3v) is 6.59. The van der Waals surface area contributed by atoms with E-state index in [1.165, 1.54) is 57.4 Å². The lowest BCUT2D eigenvalue weighted by molar-refractivity contribution is 0.101. The molecule has 0 aliphatic carbocycles. The first-order valence-corrected chi connectivity index (χ1v) is 11.9. The van der Waals surface area contributed by atoms with E-state index in [-0.39, 0.29) is 6.03 Å². The van der Waals surface area contributed by atoms with Gasteiger partial charge in [-0.3, -0.25) is 4.90 Å². The molecule has 4 rings (SSSR count). The molecule has 2 amide bonds. The molecule has 1 N–H and O–H groups in total. The van der Waals surface area contributed by atoms with E-state index < -0.39 is 0 Å². The Labute approximate surface area is 187 Å². The van der Waals surface area contributed by atoms with Gasteiger partial charge in [-0.15, -0.1) is 0 Å². The molecule has 2 saturated heterocycles. The van der Waals surface area contributed by atoms with Crippen molar-refractivity contribution in [2.24, 2.45) is 5.92 Å². The van der Waals surface area contributed by atoms with Gasteiger partial charge in [0.15, 0.2) is 0 Å². The summed E-state index contributed by atoms with van der Waals surface area (Å²) >= 11 is 0. The Morgan fingerprint density at radius 1 is 0.871 bits per heavy atom. The highest BCUT2D eigenvalue weighted by Crippen LogP contribution is 2.19. The average Bonchev–Trinajstić information content (AvgIpc) is 2.81. The van der Waals surface area contributed by atoms with E-state index in [1.807, 2.05) is 35.2 Å². The van der Waals surface area contributed by atoms with Crippen molar-refractivity contribution < 1.29 is 4.79 Å². The molecule has 0 bridgehead atoms. The number of likely N-dealkylation sites (tertiary alicyclic amines) is 1. The summed E-state index contributed by atoms with van der Waals surface area (Å²) in [5, 5.41) is 3.01. The fourth-order valence-corrected chi connectivity index (χ4v) is 4.88. The molecule has 31 heavy (non-hydrogen) atoms. The fourth-order valence-electron chi connectivity index (χ4n) is 4.88. The number of anilines is 1. The standard InChI is InChI=1S/C26H36N4O/c31-26(27-25-13-5-2-6-14-25)30-19-17-29(18-20-30)22-24-12-8-16-28(21-24)15-7-11-23-9-3-1-4-10-23/h1-6,9-10,13-14,24H,7-8,11-12,15-22H2,(H,27,31). The van der Waals surface area contributed by atoms with Crippen LogP contribution >= 0.6 is 0 Å². The maximum Gasteiger partial charge on any atom is 0.321 e. The van der Waals surface area contributed by atoms with Gasteiger partial charge in [-0.25, -0.2) is 4.79 Å². The van der Waals surface area contributed by atoms with Gasteiger partial charge in [-0.05, 0) is 62.4 Å². The third kappa shape index (κ3) is 6.81. The predicted molar refractivity (Wildman–Crippen MR) is 127 cm³/mol. The Bertz CT molecular complexity index is 790. The molecule has 0 aromatic heterocycles. The van der Waals surface area contributed by atoms with Crippen LogP contribution in [0.4, 0.5) is 10.5 Å². The molecular weight excluding hydrogens is 384 g/mol. The van der Waals surface area contributed by atoms with E-state index in [9.17, 15) is 4.79 Å². The minimum atomic E-state index is 0.0214. The average molecular weight is 421 g/mol. The van der Waals surface area contributed by atoms with Crippen LogP contribution < -0.4 is 5.32 Å². The number of aryl methyl sites for hydroxylation is 1. The van der Waals surface area contributed by atoms with Gasteiger partial charge in [0.25, 0.3) is 0 Å². The largest absolute Gasteiger partial charge is 0.322 e. The van der Waals surface area contributed by atoms with Gasteiger partial charge in [0.2, 0.25) is 0 Å². The number of carbonyl (C=O) groups excluding carboxylic acids is 1. The van der Waals surface area contributed by atoms with E-state index in [0.717, 1.165) is 37.8 Å². The first kappa shape index (κ1) is 21.8. The third-order valence-electron chi connectivity index (χ3n) is 6.59. The van der Waals surface area contributed by atoms with Crippen molar-refractivity contribution in [1.82, 2.24) is 14.7 Å². The zero-order valence-electron chi connectivity index (χ0n) is 18.6. The maximum absolute atomic E-state index is 12.5. The zero-order chi connectivity index (χ0) is 21.3. The molecule has 2 fully saturated rings. The van der Waals surface area contributed by atoms with Crippen LogP contribution in [0, 0.1) is 5.92 Å². The molecule has 5 nitrogen and oxygen atoms in total. The second-order valence-corrected chi connectivity index (χ2v) is 8.98. The number of amides is 2. The lowest BCUT2D eigenvalue weighted by Crippen LogP contribution is -2.52. The summed E-state index contributed by atoms with van der Waals surface area (Å²) in [6.45, 7) is 8.43. The van der Waals surface area contributed by atoms with Crippen molar-refractivity contribution >= 4 is 11.7 Å². The normalized spacial score (nSPS) is 20.5. The van der Waals surface area contributed by atoms with Gasteiger partial charge in [-0.2, -0.15) is 0 Å². The Kier molecular flexibility index (Phi) is 7.97. The Balaban J connectivity index is 1.15. The summed E-state index contributed by atoms with van der Waals surface area (Å²) in [6.07, 6.45) is 5.07. The van der Waals surface area contributed by atoms with Gasteiger partial charge in [0.05, 0.1) is 0 Å². The Morgan fingerprint density at radius 2 is 1.58 bits per heavy atom. The number of hydrogen-bond acceptors (Lipinski definition) is 3. The highest BCUT2D eigenvalue weighted by molar-refractivity contribution is 5.89. The molecule has 0 spiro atoms. The fraction of sp³-hybridized carbons (Fsp3) is 0.500. The number of urea groups is 1. The van der Waals surface area contributed by atoms with Gasteiger partial charge < -0.3 is 15.1 Å². The van der Waals surface area contributed by atoms with Crippen LogP contribution in [0.2, 0.25) is 0 Å². The summed E-state index contributed by atoms with van der Waals surface area (Å²) < 4.78 is 0. The minimum absolute atomic E-state index is 0.0214. The number of nitrogens with one attached hydrogen (secondary N) is 1. The first-order valence-electron chi connectivity index (χ1n) is 11.9. The van der Waals surface area contributed by atoms with Gasteiger partial charge in [-0.1, -0.05) is 48.5 Å². The molecule has 2 aromatic carbocycles. The van der Waals surface area contributed by atoms with Crippen LogP contribution in [0.3, 0.4) is 0 Å². The topological polar surface area (TPSA) is 38.8 Å². The van der Waals surface area contributed by atoms with E-state index in [1.54, 1.807) is 0 Å². The smallest absolute Gasteiger partial charge is 0.321 e. The summed E-state index contributed by atoms with van der Waals surface area (Å²) in [7, 11) is 0. The molecule has 166 valence electrons. The van der Waals surface area contributed by atoms with Crippen molar-refractivity contribution in [2.45, 2.75) is 25.7 Å². The summed E-state index contributed by atoms with van der Waals surface area (Å²) in [6, 6.07) is 20.6. The van der Waals surface area contributed by atoms with Crippen molar-refractivity contribution in [2.75, 3.05) is 57.7 Å². The Hall–Kier alpha value is -2.37. The monoisotopic (exact) mass is 420 g/mol. The number of hydrogen-bond donors (Lipinski definition) is 1. The second-order valence-electron chi connectivity index (χ2n) is 8.98. The quantitative estimate of drug-likeness (QED) is 0.730. The number of nitrogens with zero attached hydrogens (tertiary/aromatic N) is 3. The van der Waals surface area contributed by atoms with Crippen LogP contribution in [0.5, 0.6) is 0 Å². The van der Waals surface area contributed by atoms with Crippen LogP contribution in [0.25, 0.3) is 0 Å². The highest BCUT2D eigenvalue weighted by Gasteiger charge is 2.25. The Morgan fingerprint density at radius 3 is 2.32 bits per heavy atom. The maximum atomic E-state index is 12.5. The summed E-state index contributed by atoms with van der Waals surface area (Å²) in [5.74, 6) is 0.759. The molecule has 2 aromatic rings. The van der Waals surface area contributed by atoms with E-state index >= 15 is 0 Å². The lowest BCUT2D eigenvalue weighted by Gasteiger charge is -2.39. The lowest BCUT2D eigenvalue weighted by atomic mass is 9.96. The van der Waals surface area contributed by atoms with Crippen LogP contribution in [0.15, 0.2) is 60.7 Å². The number of carbonyl (C=O) groups is 1. The molecular formula is C26H36N4O. The summed E-state index contributed by atoms with van der Waals surface area (Å²) in [5.41, 5.74) is 2.31. The highest BCUT2D eigenvalue weighted by atomic mass is 16.2. The second kappa shape index (κ2) is 11.3. The molecule has 2 aliphatic heterocycles. The molecule has 0 saturated carbocycles. The number of piperidine rings is 1. The number of benzene rings is 2. The van der Waals surface area contributed by atoms with Crippen molar-refractivity contribution in [3.8, 4) is 0 Å². The summed E-state index contributed by atoms with van der Waals surface area (Å²) in [4.78, 5) is 19.7. The van der Waals surface area contributed by atoms with Crippen LogP contribution in [-0.4, -0.2) is 73.1 Å². The molecule has 1 atom stereocenters. The van der Waals surface area contributed by atoms with Crippen molar-refractivity contribution in [1.29, 1.82) is 0 Å². The molecule has 2 heterocycles. The molecule has 5 heteroatoms.